The molecule has 0 aliphatic carbocycles. The average Bonchev–Trinajstić information content (AvgIpc) is 2.42. The minimum atomic E-state index is 0. The second-order valence-corrected chi connectivity index (χ2v) is 5.61. The number of nitrogens with zero attached hydrogens (tertiary/aromatic N) is 3. The van der Waals surface area contributed by atoms with Crippen LogP contribution in [0.1, 0.15) is 39.5 Å². The minimum Gasteiger partial charge on any atom is -0.356 e. The number of nitrogens with one attached hydrogen (secondary N) is 1. The van der Waals surface area contributed by atoms with Crippen LogP contribution in [0.5, 0.6) is 0 Å². The van der Waals surface area contributed by atoms with Crippen LogP contribution >= 0.6 is 24.0 Å². The number of halogens is 1. The molecule has 0 fully saturated rings. The summed E-state index contributed by atoms with van der Waals surface area (Å²) in [7, 11) is 6.12. The maximum absolute atomic E-state index is 4.32. The Bertz CT molecular complexity index is 279. The molecular formula is C16H35IN4. The van der Waals surface area contributed by atoms with E-state index >= 15 is 0 Å². The van der Waals surface area contributed by atoms with Crippen molar-refractivity contribution in [3.63, 3.8) is 0 Å². The largest absolute Gasteiger partial charge is 0.356 e. The van der Waals surface area contributed by atoms with Crippen LogP contribution in [0.15, 0.2) is 17.6 Å². The Morgan fingerprint density at radius 3 is 2.38 bits per heavy atom. The summed E-state index contributed by atoms with van der Waals surface area (Å²) in [5, 5.41) is 3.43. The quantitative estimate of drug-likeness (QED) is 0.197. The molecule has 0 atom stereocenters. The summed E-state index contributed by atoms with van der Waals surface area (Å²) < 4.78 is 0. The Labute approximate surface area is 149 Å². The highest BCUT2D eigenvalue weighted by Gasteiger charge is 2.05. The monoisotopic (exact) mass is 410 g/mol. The summed E-state index contributed by atoms with van der Waals surface area (Å²) in [4.78, 5) is 8.89. The first kappa shape index (κ1) is 23.0. The lowest BCUT2D eigenvalue weighted by Crippen LogP contribution is -2.40. The third-order valence-corrected chi connectivity index (χ3v) is 3.58. The van der Waals surface area contributed by atoms with Gasteiger partial charge in [0.05, 0.1) is 0 Å². The number of aliphatic imine (C=N–C) groups is 1. The number of unbranched alkanes of at least 4 members (excludes halogenated alkanes) is 2. The second-order valence-electron chi connectivity index (χ2n) is 5.61. The Morgan fingerprint density at radius 1 is 1.19 bits per heavy atom. The van der Waals surface area contributed by atoms with E-state index < -0.39 is 0 Å². The van der Waals surface area contributed by atoms with Gasteiger partial charge in [-0.05, 0) is 53.1 Å². The number of allylic oxidation sites excluding steroid dienone is 1. The lowest BCUT2D eigenvalue weighted by molar-refractivity contribution is 0.268. The van der Waals surface area contributed by atoms with Crippen molar-refractivity contribution in [1.82, 2.24) is 15.1 Å². The highest BCUT2D eigenvalue weighted by molar-refractivity contribution is 14.0. The first-order valence-electron chi connectivity index (χ1n) is 7.75. The molecule has 0 heterocycles. The Hall–Kier alpha value is -0.300. The maximum Gasteiger partial charge on any atom is 0.193 e. The third-order valence-electron chi connectivity index (χ3n) is 3.58. The van der Waals surface area contributed by atoms with Crippen molar-refractivity contribution in [2.24, 2.45) is 4.99 Å². The summed E-state index contributed by atoms with van der Waals surface area (Å²) in [6.45, 7) is 11.4. The first-order valence-corrected chi connectivity index (χ1v) is 7.75. The minimum absolute atomic E-state index is 0. The molecule has 0 saturated heterocycles. The molecule has 0 aromatic heterocycles. The standard InChI is InChI=1S/C16H34N4.HI/c1-7-8-10-14-20(6)16(17-4)18-12-9-11-13-19(5)15(2)3;/h7,15H,1,8-14H2,2-6H3,(H,17,18);1H. The van der Waals surface area contributed by atoms with E-state index in [1.54, 1.807) is 0 Å². The van der Waals surface area contributed by atoms with E-state index in [0.29, 0.717) is 6.04 Å². The highest BCUT2D eigenvalue weighted by atomic mass is 127. The van der Waals surface area contributed by atoms with E-state index in [4.69, 9.17) is 0 Å². The van der Waals surface area contributed by atoms with Gasteiger partial charge in [0.25, 0.3) is 0 Å². The predicted molar refractivity (Wildman–Crippen MR) is 106 cm³/mol. The fourth-order valence-electron chi connectivity index (χ4n) is 1.91. The maximum atomic E-state index is 4.32. The fraction of sp³-hybridized carbons (Fsp3) is 0.812. The van der Waals surface area contributed by atoms with Crippen LogP contribution in [-0.4, -0.2) is 62.6 Å². The van der Waals surface area contributed by atoms with Crippen molar-refractivity contribution in [2.45, 2.75) is 45.6 Å². The lowest BCUT2D eigenvalue weighted by atomic mass is 10.2. The molecule has 0 unspecified atom stereocenters. The van der Waals surface area contributed by atoms with Gasteiger partial charge in [0, 0.05) is 33.2 Å². The van der Waals surface area contributed by atoms with Gasteiger partial charge in [-0.25, -0.2) is 0 Å². The van der Waals surface area contributed by atoms with E-state index in [2.05, 4.69) is 54.6 Å². The predicted octanol–water partition coefficient (Wildman–Crippen LogP) is 3.20. The molecule has 0 radical (unpaired) electrons. The van der Waals surface area contributed by atoms with E-state index in [0.717, 1.165) is 38.4 Å². The van der Waals surface area contributed by atoms with E-state index in [9.17, 15) is 0 Å². The van der Waals surface area contributed by atoms with Crippen molar-refractivity contribution < 1.29 is 0 Å². The molecule has 126 valence electrons. The zero-order valence-electron chi connectivity index (χ0n) is 14.6. The molecule has 0 rings (SSSR count). The zero-order chi connectivity index (χ0) is 15.4. The van der Waals surface area contributed by atoms with Gasteiger partial charge in [0.15, 0.2) is 5.96 Å². The lowest BCUT2D eigenvalue weighted by Gasteiger charge is -2.23. The third kappa shape index (κ3) is 12.0. The van der Waals surface area contributed by atoms with Crippen molar-refractivity contribution >= 4 is 29.9 Å². The topological polar surface area (TPSA) is 30.9 Å². The SMILES string of the molecule is C=CCCCN(C)C(=NC)NCCCCN(C)C(C)C.I. The Morgan fingerprint density at radius 2 is 1.86 bits per heavy atom. The van der Waals surface area contributed by atoms with E-state index in [-0.39, 0.29) is 24.0 Å². The molecule has 0 aliphatic heterocycles. The summed E-state index contributed by atoms with van der Waals surface area (Å²) in [6.07, 6.45) is 6.55. The van der Waals surface area contributed by atoms with Crippen LogP contribution in [0.2, 0.25) is 0 Å². The normalized spacial score (nSPS) is 11.5. The highest BCUT2D eigenvalue weighted by Crippen LogP contribution is 1.98. The van der Waals surface area contributed by atoms with Crippen LogP contribution in [0, 0.1) is 0 Å². The molecule has 0 aliphatic rings. The van der Waals surface area contributed by atoms with Crippen LogP contribution in [0.3, 0.4) is 0 Å². The van der Waals surface area contributed by atoms with Gasteiger partial charge >= 0.3 is 0 Å². The van der Waals surface area contributed by atoms with Gasteiger partial charge in [-0.1, -0.05) is 6.08 Å². The summed E-state index contributed by atoms with van der Waals surface area (Å²) in [6, 6.07) is 0.631. The van der Waals surface area contributed by atoms with Crippen LogP contribution in [0.4, 0.5) is 0 Å². The average molecular weight is 410 g/mol. The molecule has 0 aromatic rings. The van der Waals surface area contributed by atoms with Gasteiger partial charge < -0.3 is 15.1 Å². The second kappa shape index (κ2) is 14.6. The van der Waals surface area contributed by atoms with E-state index in [1.165, 1.54) is 12.8 Å². The number of rotatable bonds is 10. The van der Waals surface area contributed by atoms with Gasteiger partial charge in [-0.15, -0.1) is 30.6 Å². The Balaban J connectivity index is 0. The summed E-state index contributed by atoms with van der Waals surface area (Å²) >= 11 is 0. The van der Waals surface area contributed by atoms with Crippen LogP contribution in [-0.2, 0) is 0 Å². The molecule has 0 saturated carbocycles. The number of hydrogen-bond donors (Lipinski definition) is 1. The van der Waals surface area contributed by atoms with Gasteiger partial charge in [-0.2, -0.15) is 0 Å². The van der Waals surface area contributed by atoms with Crippen LogP contribution < -0.4 is 5.32 Å². The van der Waals surface area contributed by atoms with Crippen molar-refractivity contribution in [2.75, 3.05) is 40.8 Å². The van der Waals surface area contributed by atoms with Gasteiger partial charge in [0.1, 0.15) is 0 Å². The Kier molecular flexibility index (Phi) is 16.0. The first-order chi connectivity index (χ1) is 9.52. The molecule has 0 bridgehead atoms. The van der Waals surface area contributed by atoms with Crippen molar-refractivity contribution in [3.8, 4) is 0 Å². The van der Waals surface area contributed by atoms with Crippen LogP contribution in [0.25, 0.3) is 0 Å². The molecular weight excluding hydrogens is 375 g/mol. The van der Waals surface area contributed by atoms with E-state index in [1.807, 2.05) is 13.1 Å². The molecule has 1 N–H and O–H groups in total. The number of guanidine groups is 1. The molecule has 21 heavy (non-hydrogen) atoms. The number of hydrogen-bond acceptors (Lipinski definition) is 2. The zero-order valence-corrected chi connectivity index (χ0v) is 16.9. The molecule has 0 aromatic carbocycles. The molecule has 0 amide bonds. The summed E-state index contributed by atoms with van der Waals surface area (Å²) in [5.41, 5.74) is 0. The van der Waals surface area contributed by atoms with Crippen molar-refractivity contribution in [3.05, 3.63) is 12.7 Å². The molecule has 0 spiro atoms. The smallest absolute Gasteiger partial charge is 0.193 e. The molecule has 5 heteroatoms. The van der Waals surface area contributed by atoms with Crippen molar-refractivity contribution in [1.29, 1.82) is 0 Å². The van der Waals surface area contributed by atoms with Gasteiger partial charge in [0.2, 0.25) is 0 Å². The fourth-order valence-corrected chi connectivity index (χ4v) is 1.91. The summed E-state index contributed by atoms with van der Waals surface area (Å²) in [5.74, 6) is 0.992. The van der Waals surface area contributed by atoms with Gasteiger partial charge in [-0.3, -0.25) is 4.99 Å². The molecule has 4 nitrogen and oxygen atoms in total.